The van der Waals surface area contributed by atoms with Crippen LogP contribution in [0.5, 0.6) is 0 Å². The number of aryl methyl sites for hydroxylation is 1. The summed E-state index contributed by atoms with van der Waals surface area (Å²) in [5.41, 5.74) is 5.02. The molecule has 7 heteroatoms. The van der Waals surface area contributed by atoms with E-state index in [1.165, 1.54) is 0 Å². The molecule has 0 fully saturated rings. The Morgan fingerprint density at radius 1 is 1.33 bits per heavy atom. The first-order valence-electron chi connectivity index (χ1n) is 6.28. The molecule has 3 rings (SSSR count). The van der Waals surface area contributed by atoms with Crippen molar-refractivity contribution in [1.29, 1.82) is 0 Å². The molecule has 3 aromatic rings. The number of H-pyrrole nitrogens is 1. The molecule has 4 N–H and O–H groups in total. The molecule has 0 spiro atoms. The maximum Gasteiger partial charge on any atom is 0.285 e. The lowest BCUT2D eigenvalue weighted by atomic mass is 10.2. The van der Waals surface area contributed by atoms with Gasteiger partial charge < -0.3 is 0 Å². The number of nitrogens with two attached hydrogens (primary N) is 1. The number of benzene rings is 1. The minimum Gasteiger partial charge on any atom is -0.289 e. The van der Waals surface area contributed by atoms with Crippen molar-refractivity contribution in [3.63, 3.8) is 0 Å². The van der Waals surface area contributed by atoms with E-state index in [1.807, 2.05) is 37.3 Å². The normalized spacial score (nSPS) is 10.6. The largest absolute Gasteiger partial charge is 0.289 e. The van der Waals surface area contributed by atoms with Gasteiger partial charge in [-0.25, -0.2) is 10.8 Å². The molecule has 106 valence electrons. The number of aromatic amines is 1. The third-order valence-corrected chi connectivity index (χ3v) is 4.24. The van der Waals surface area contributed by atoms with Crippen molar-refractivity contribution in [2.45, 2.75) is 6.92 Å². The standard InChI is InChI=1S/C14H13N5OS/c1-8-12(10-7-11(19-18-10)13(20)17-15)21-14(16-8)9-5-3-2-4-6-9/h2-7H,15H2,1H3,(H,17,20)(H,18,19). The Bertz CT molecular complexity index is 778. The van der Waals surface area contributed by atoms with E-state index >= 15 is 0 Å². The van der Waals surface area contributed by atoms with Crippen LogP contribution in [0.3, 0.4) is 0 Å². The average Bonchev–Trinajstić information content (AvgIpc) is 3.14. The quantitative estimate of drug-likeness (QED) is 0.392. The second-order valence-electron chi connectivity index (χ2n) is 4.44. The van der Waals surface area contributed by atoms with E-state index in [0.29, 0.717) is 0 Å². The average molecular weight is 299 g/mol. The SMILES string of the molecule is Cc1nc(-c2ccccc2)sc1-c1cc(C(=O)NN)n[nH]1. The zero-order valence-electron chi connectivity index (χ0n) is 11.3. The highest BCUT2D eigenvalue weighted by molar-refractivity contribution is 7.18. The third-order valence-electron chi connectivity index (χ3n) is 3.00. The van der Waals surface area contributed by atoms with E-state index in [1.54, 1.807) is 17.4 Å². The first-order chi connectivity index (χ1) is 10.2. The molecule has 6 nitrogen and oxygen atoms in total. The predicted molar refractivity (Wildman–Crippen MR) is 81.5 cm³/mol. The number of nitrogens with zero attached hydrogens (tertiary/aromatic N) is 2. The smallest absolute Gasteiger partial charge is 0.285 e. The van der Waals surface area contributed by atoms with Crippen LogP contribution in [-0.4, -0.2) is 21.1 Å². The number of nitrogens with one attached hydrogen (secondary N) is 2. The predicted octanol–water partition coefficient (Wildman–Crippen LogP) is 2.11. The summed E-state index contributed by atoms with van der Waals surface area (Å²) >= 11 is 1.55. The zero-order chi connectivity index (χ0) is 14.8. The van der Waals surface area contributed by atoms with Crippen LogP contribution in [0.1, 0.15) is 16.2 Å². The van der Waals surface area contributed by atoms with Gasteiger partial charge in [0.25, 0.3) is 5.91 Å². The second-order valence-corrected chi connectivity index (χ2v) is 5.44. The molecular formula is C14H13N5OS. The number of amides is 1. The number of aromatic nitrogens is 3. The number of hydrogen-bond donors (Lipinski definition) is 3. The van der Waals surface area contributed by atoms with Gasteiger partial charge in [-0.15, -0.1) is 11.3 Å². The van der Waals surface area contributed by atoms with E-state index in [0.717, 1.165) is 26.8 Å². The van der Waals surface area contributed by atoms with E-state index in [9.17, 15) is 4.79 Å². The molecule has 0 bridgehead atoms. The van der Waals surface area contributed by atoms with Crippen LogP contribution in [0.25, 0.3) is 21.1 Å². The first kappa shape index (κ1) is 13.5. The lowest BCUT2D eigenvalue weighted by molar-refractivity contribution is 0.0948. The molecule has 0 saturated heterocycles. The van der Waals surface area contributed by atoms with Gasteiger partial charge in [0.15, 0.2) is 5.69 Å². The molecule has 0 atom stereocenters. The molecule has 2 heterocycles. The first-order valence-corrected chi connectivity index (χ1v) is 7.10. The fourth-order valence-corrected chi connectivity index (χ4v) is 3.02. The molecule has 0 aliphatic carbocycles. The molecule has 0 aliphatic heterocycles. The van der Waals surface area contributed by atoms with Crippen molar-refractivity contribution in [3.05, 3.63) is 47.8 Å². The lowest BCUT2D eigenvalue weighted by Crippen LogP contribution is -2.30. The summed E-state index contributed by atoms with van der Waals surface area (Å²) in [5, 5.41) is 7.73. The van der Waals surface area contributed by atoms with Gasteiger partial charge >= 0.3 is 0 Å². The summed E-state index contributed by atoms with van der Waals surface area (Å²) in [6, 6.07) is 11.6. The Kier molecular flexibility index (Phi) is 3.51. The fraction of sp³-hybridized carbons (Fsp3) is 0.0714. The molecule has 1 aromatic carbocycles. The monoisotopic (exact) mass is 299 g/mol. The third kappa shape index (κ3) is 2.56. The van der Waals surface area contributed by atoms with Gasteiger partial charge in [0.2, 0.25) is 0 Å². The van der Waals surface area contributed by atoms with E-state index in [2.05, 4.69) is 20.6 Å². The summed E-state index contributed by atoms with van der Waals surface area (Å²) in [4.78, 5) is 17.0. The molecule has 0 radical (unpaired) electrons. The molecule has 1 amide bonds. The summed E-state index contributed by atoms with van der Waals surface area (Å²) in [6.45, 7) is 1.93. The van der Waals surface area contributed by atoms with Crippen LogP contribution in [0.15, 0.2) is 36.4 Å². The highest BCUT2D eigenvalue weighted by Crippen LogP contribution is 2.34. The summed E-state index contributed by atoms with van der Waals surface area (Å²) < 4.78 is 0. The zero-order valence-corrected chi connectivity index (χ0v) is 12.1. The maximum absolute atomic E-state index is 11.4. The Morgan fingerprint density at radius 2 is 2.10 bits per heavy atom. The van der Waals surface area contributed by atoms with Crippen molar-refractivity contribution >= 4 is 17.2 Å². The minimum atomic E-state index is -0.428. The van der Waals surface area contributed by atoms with E-state index < -0.39 is 5.91 Å². The van der Waals surface area contributed by atoms with Gasteiger partial charge in [0, 0.05) is 5.56 Å². The van der Waals surface area contributed by atoms with Crippen molar-refractivity contribution in [2.24, 2.45) is 5.84 Å². The number of carbonyl (C=O) groups is 1. The Morgan fingerprint density at radius 3 is 2.81 bits per heavy atom. The van der Waals surface area contributed by atoms with Crippen LogP contribution in [-0.2, 0) is 0 Å². The number of carbonyl (C=O) groups excluding carboxylic acids is 1. The van der Waals surface area contributed by atoms with Gasteiger partial charge in [0.05, 0.1) is 16.3 Å². The topological polar surface area (TPSA) is 96.7 Å². The van der Waals surface area contributed by atoms with Crippen molar-refractivity contribution in [1.82, 2.24) is 20.6 Å². The fourth-order valence-electron chi connectivity index (χ4n) is 1.98. The highest BCUT2D eigenvalue weighted by Gasteiger charge is 2.15. The van der Waals surface area contributed by atoms with E-state index in [-0.39, 0.29) is 5.69 Å². The van der Waals surface area contributed by atoms with Crippen molar-refractivity contribution in [3.8, 4) is 21.1 Å². The van der Waals surface area contributed by atoms with Crippen LogP contribution in [0.2, 0.25) is 0 Å². The van der Waals surface area contributed by atoms with E-state index in [4.69, 9.17) is 5.84 Å². The number of hydrogen-bond acceptors (Lipinski definition) is 5. The van der Waals surface area contributed by atoms with Crippen LogP contribution in [0, 0.1) is 6.92 Å². The summed E-state index contributed by atoms with van der Waals surface area (Å²) in [7, 11) is 0. The minimum absolute atomic E-state index is 0.251. The van der Waals surface area contributed by atoms with Crippen LogP contribution in [0.4, 0.5) is 0 Å². The molecule has 0 unspecified atom stereocenters. The van der Waals surface area contributed by atoms with Crippen molar-refractivity contribution in [2.75, 3.05) is 0 Å². The number of rotatable bonds is 3. The lowest BCUT2D eigenvalue weighted by Gasteiger charge is -1.93. The summed E-state index contributed by atoms with van der Waals surface area (Å²) in [6.07, 6.45) is 0. The van der Waals surface area contributed by atoms with Gasteiger partial charge in [-0.05, 0) is 13.0 Å². The number of thiazole rings is 1. The Balaban J connectivity index is 1.98. The molecule has 0 saturated carbocycles. The number of hydrazine groups is 1. The molecule has 21 heavy (non-hydrogen) atoms. The highest BCUT2D eigenvalue weighted by atomic mass is 32.1. The van der Waals surface area contributed by atoms with Gasteiger partial charge in [0.1, 0.15) is 5.01 Å². The van der Waals surface area contributed by atoms with Gasteiger partial charge in [-0.3, -0.25) is 15.3 Å². The molecular weight excluding hydrogens is 286 g/mol. The van der Waals surface area contributed by atoms with Crippen LogP contribution < -0.4 is 11.3 Å². The van der Waals surface area contributed by atoms with Gasteiger partial charge in [-0.1, -0.05) is 30.3 Å². The van der Waals surface area contributed by atoms with Crippen molar-refractivity contribution < 1.29 is 4.79 Å². The maximum atomic E-state index is 11.4. The molecule has 2 aromatic heterocycles. The van der Waals surface area contributed by atoms with Gasteiger partial charge in [-0.2, -0.15) is 5.10 Å². The van der Waals surface area contributed by atoms with Crippen LogP contribution >= 0.6 is 11.3 Å². The Labute approximate surface area is 125 Å². The molecule has 0 aliphatic rings. The summed E-state index contributed by atoms with van der Waals surface area (Å²) in [5.74, 6) is 4.67. The second kappa shape index (κ2) is 5.47. The Hall–Kier alpha value is -2.51. The number of nitrogen functional groups attached to an aromatic ring is 1.